The molecule has 0 aliphatic heterocycles. The zero-order chi connectivity index (χ0) is 21.0. The second-order valence-corrected chi connectivity index (χ2v) is 7.25. The maximum Gasteiger partial charge on any atom is 0.175 e. The van der Waals surface area contributed by atoms with Gasteiger partial charge in [-0.15, -0.1) is 0 Å². The number of nitrogens with zero attached hydrogens (tertiary/aromatic N) is 2. The van der Waals surface area contributed by atoms with Gasteiger partial charge < -0.3 is 20.1 Å². The summed E-state index contributed by atoms with van der Waals surface area (Å²) >= 11 is 5.53. The third kappa shape index (κ3) is 4.86. The molecule has 0 fully saturated rings. The van der Waals surface area contributed by atoms with Crippen LogP contribution in [0, 0.1) is 20.8 Å². The lowest BCUT2D eigenvalue weighted by Crippen LogP contribution is -2.20. The number of nitrogens with one attached hydrogen (secondary N) is 2. The van der Waals surface area contributed by atoms with E-state index in [0.29, 0.717) is 11.7 Å². The predicted octanol–water partition coefficient (Wildman–Crippen LogP) is 4.68. The van der Waals surface area contributed by atoms with Crippen LogP contribution >= 0.6 is 12.2 Å². The van der Waals surface area contributed by atoms with Crippen molar-refractivity contribution in [2.24, 2.45) is 0 Å². The van der Waals surface area contributed by atoms with E-state index in [1.165, 1.54) is 0 Å². The molecule has 152 valence electrons. The molecule has 0 atom stereocenters. The smallest absolute Gasteiger partial charge is 0.175 e. The molecule has 3 aromatic rings. The third-order valence-corrected chi connectivity index (χ3v) is 4.89. The maximum atomic E-state index is 5.53. The summed E-state index contributed by atoms with van der Waals surface area (Å²) in [5, 5.41) is 11.7. The molecule has 0 aliphatic rings. The Kier molecular flexibility index (Phi) is 6.39. The van der Waals surface area contributed by atoms with Crippen LogP contribution in [0.4, 0.5) is 11.4 Å². The van der Waals surface area contributed by atoms with Gasteiger partial charge in [-0.3, -0.25) is 4.68 Å². The summed E-state index contributed by atoms with van der Waals surface area (Å²) in [4.78, 5) is 0. The number of ether oxygens (including phenoxy) is 2. The number of rotatable bonds is 6. The number of hydrogen-bond donors (Lipinski definition) is 2. The zero-order valence-electron chi connectivity index (χ0n) is 17.4. The lowest BCUT2D eigenvalue weighted by atomic mass is 10.2. The van der Waals surface area contributed by atoms with E-state index in [2.05, 4.69) is 21.8 Å². The van der Waals surface area contributed by atoms with Gasteiger partial charge in [0.05, 0.1) is 43.5 Å². The molecule has 1 heterocycles. The van der Waals surface area contributed by atoms with Crippen LogP contribution < -0.4 is 20.1 Å². The Morgan fingerprint density at radius 3 is 2.55 bits per heavy atom. The minimum atomic E-state index is 0.487. The minimum Gasteiger partial charge on any atom is -0.497 e. The Balaban J connectivity index is 1.76. The standard InChI is InChI=1S/C22H26N4O2S/c1-14-9-10-20(28-5)19(11-14)23-22(29)24-21-15(2)25-26(16(21)3)13-17-7-6-8-18(12-17)27-4/h6-12H,13H2,1-5H3,(H2,23,24,29). The SMILES string of the molecule is COc1cccc(Cn2nc(C)c(NC(=S)Nc3cc(C)ccc3OC)c2C)c1. The van der Waals surface area contributed by atoms with E-state index in [0.717, 1.165) is 45.4 Å². The van der Waals surface area contributed by atoms with Gasteiger partial charge in [0, 0.05) is 0 Å². The molecule has 0 saturated heterocycles. The van der Waals surface area contributed by atoms with Crippen LogP contribution in [0.1, 0.15) is 22.5 Å². The van der Waals surface area contributed by atoms with Crippen molar-refractivity contribution in [2.45, 2.75) is 27.3 Å². The molecule has 0 unspecified atom stereocenters. The van der Waals surface area contributed by atoms with Crippen LogP contribution in [-0.2, 0) is 6.54 Å². The Labute approximate surface area is 176 Å². The highest BCUT2D eigenvalue weighted by molar-refractivity contribution is 7.80. The molecule has 0 spiro atoms. The molecule has 7 heteroatoms. The van der Waals surface area contributed by atoms with Crippen molar-refractivity contribution in [1.29, 1.82) is 0 Å². The first-order valence-electron chi connectivity index (χ1n) is 9.31. The fourth-order valence-electron chi connectivity index (χ4n) is 3.16. The molecule has 0 amide bonds. The van der Waals surface area contributed by atoms with Gasteiger partial charge in [0.15, 0.2) is 5.11 Å². The first kappa shape index (κ1) is 20.7. The van der Waals surface area contributed by atoms with Gasteiger partial charge in [0.25, 0.3) is 0 Å². The van der Waals surface area contributed by atoms with Gasteiger partial charge in [0.2, 0.25) is 0 Å². The molecule has 6 nitrogen and oxygen atoms in total. The van der Waals surface area contributed by atoms with Gasteiger partial charge in [-0.05, 0) is 68.4 Å². The van der Waals surface area contributed by atoms with E-state index < -0.39 is 0 Å². The van der Waals surface area contributed by atoms with Gasteiger partial charge in [0.1, 0.15) is 11.5 Å². The summed E-state index contributed by atoms with van der Waals surface area (Å²) in [5.41, 5.74) is 5.85. The van der Waals surface area contributed by atoms with Crippen LogP contribution in [0.3, 0.4) is 0 Å². The largest absolute Gasteiger partial charge is 0.497 e. The predicted molar refractivity (Wildman–Crippen MR) is 121 cm³/mol. The van der Waals surface area contributed by atoms with Crippen molar-refractivity contribution in [2.75, 3.05) is 24.9 Å². The summed E-state index contributed by atoms with van der Waals surface area (Å²) in [7, 11) is 3.31. The summed E-state index contributed by atoms with van der Waals surface area (Å²) in [6.45, 7) is 6.67. The molecule has 0 bridgehead atoms. The number of methoxy groups -OCH3 is 2. The Hall–Kier alpha value is -3.06. The molecule has 0 aliphatic carbocycles. The number of benzene rings is 2. The molecule has 0 saturated carbocycles. The monoisotopic (exact) mass is 410 g/mol. The molecule has 0 radical (unpaired) electrons. The van der Waals surface area contributed by atoms with Crippen molar-refractivity contribution in [3.63, 3.8) is 0 Å². The van der Waals surface area contributed by atoms with Crippen molar-refractivity contribution < 1.29 is 9.47 Å². The first-order chi connectivity index (χ1) is 13.9. The van der Waals surface area contributed by atoms with E-state index in [4.69, 9.17) is 21.7 Å². The average molecular weight is 411 g/mol. The Morgan fingerprint density at radius 2 is 1.83 bits per heavy atom. The second kappa shape index (κ2) is 8.96. The van der Waals surface area contributed by atoms with Crippen molar-refractivity contribution in [3.05, 3.63) is 65.0 Å². The zero-order valence-corrected chi connectivity index (χ0v) is 18.2. The summed E-state index contributed by atoms with van der Waals surface area (Å²) in [5.74, 6) is 1.57. The molecule has 1 aromatic heterocycles. The van der Waals surface area contributed by atoms with Gasteiger partial charge in [-0.25, -0.2) is 0 Å². The van der Waals surface area contributed by atoms with E-state index in [-0.39, 0.29) is 0 Å². The highest BCUT2D eigenvalue weighted by Crippen LogP contribution is 2.26. The molecule has 29 heavy (non-hydrogen) atoms. The highest BCUT2D eigenvalue weighted by Gasteiger charge is 2.14. The fourth-order valence-corrected chi connectivity index (χ4v) is 3.37. The molecule has 3 rings (SSSR count). The molecule has 2 N–H and O–H groups in total. The maximum absolute atomic E-state index is 5.53. The quantitative estimate of drug-likeness (QED) is 0.575. The van der Waals surface area contributed by atoms with Gasteiger partial charge in [-0.1, -0.05) is 18.2 Å². The normalized spacial score (nSPS) is 10.5. The topological polar surface area (TPSA) is 60.3 Å². The molecule has 2 aromatic carbocycles. The number of hydrogen-bond acceptors (Lipinski definition) is 4. The van der Waals surface area contributed by atoms with Crippen LogP contribution in [0.2, 0.25) is 0 Å². The third-order valence-electron chi connectivity index (χ3n) is 4.69. The van der Waals surface area contributed by atoms with Crippen LogP contribution in [0.5, 0.6) is 11.5 Å². The average Bonchev–Trinajstić information content (AvgIpc) is 2.95. The van der Waals surface area contributed by atoms with Crippen LogP contribution in [-0.4, -0.2) is 29.1 Å². The van der Waals surface area contributed by atoms with Crippen molar-refractivity contribution in [1.82, 2.24) is 9.78 Å². The lowest BCUT2D eigenvalue weighted by molar-refractivity contribution is 0.414. The fraction of sp³-hybridized carbons (Fsp3) is 0.273. The molecular weight excluding hydrogens is 384 g/mol. The van der Waals surface area contributed by atoms with Crippen molar-refractivity contribution >= 4 is 28.7 Å². The second-order valence-electron chi connectivity index (χ2n) is 6.84. The van der Waals surface area contributed by atoms with E-state index in [9.17, 15) is 0 Å². The van der Waals surface area contributed by atoms with Gasteiger partial charge >= 0.3 is 0 Å². The summed E-state index contributed by atoms with van der Waals surface area (Å²) in [6.07, 6.45) is 0. The first-order valence-corrected chi connectivity index (χ1v) is 9.71. The van der Waals surface area contributed by atoms with Crippen molar-refractivity contribution in [3.8, 4) is 11.5 Å². The number of aryl methyl sites for hydroxylation is 2. The van der Waals surface area contributed by atoms with Crippen LogP contribution in [0.15, 0.2) is 42.5 Å². The Bertz CT molecular complexity index is 1030. The summed E-state index contributed by atoms with van der Waals surface area (Å²) in [6, 6.07) is 13.9. The lowest BCUT2D eigenvalue weighted by Gasteiger charge is -2.14. The Morgan fingerprint density at radius 1 is 1.03 bits per heavy atom. The van der Waals surface area contributed by atoms with E-state index >= 15 is 0 Å². The van der Waals surface area contributed by atoms with E-state index in [1.807, 2.05) is 61.9 Å². The molecular formula is C22H26N4O2S. The summed E-state index contributed by atoms with van der Waals surface area (Å²) < 4.78 is 12.7. The number of thiocarbonyl (C=S) groups is 1. The minimum absolute atomic E-state index is 0.487. The van der Waals surface area contributed by atoms with E-state index in [1.54, 1.807) is 14.2 Å². The van der Waals surface area contributed by atoms with Crippen LogP contribution in [0.25, 0.3) is 0 Å². The van der Waals surface area contributed by atoms with Gasteiger partial charge in [-0.2, -0.15) is 5.10 Å². The number of anilines is 2. The highest BCUT2D eigenvalue weighted by atomic mass is 32.1. The number of aromatic nitrogens is 2.